The number of rotatable bonds is 5. The summed E-state index contributed by atoms with van der Waals surface area (Å²) in [6.45, 7) is 3.62. The number of benzene rings is 1. The molecule has 1 aromatic rings. The highest BCUT2D eigenvalue weighted by atomic mass is 16.5. The minimum atomic E-state index is -0.273. The summed E-state index contributed by atoms with van der Waals surface area (Å²) in [5.41, 5.74) is 0.802. The Labute approximate surface area is 126 Å². The van der Waals surface area contributed by atoms with Crippen LogP contribution >= 0.6 is 0 Å². The summed E-state index contributed by atoms with van der Waals surface area (Å²) in [6, 6.07) is 5.26. The van der Waals surface area contributed by atoms with E-state index in [9.17, 15) is 4.79 Å². The predicted octanol–water partition coefficient (Wildman–Crippen LogP) is 2.52. The highest BCUT2D eigenvalue weighted by Crippen LogP contribution is 2.29. The van der Waals surface area contributed by atoms with Gasteiger partial charge in [0.2, 0.25) is 5.91 Å². The highest BCUT2D eigenvalue weighted by Gasteiger charge is 2.22. The molecule has 1 amide bonds. The van der Waals surface area contributed by atoms with Gasteiger partial charge in [0.05, 0.1) is 19.9 Å². The van der Waals surface area contributed by atoms with Gasteiger partial charge in [-0.2, -0.15) is 0 Å². The van der Waals surface area contributed by atoms with Gasteiger partial charge in [-0.25, -0.2) is 0 Å². The second kappa shape index (κ2) is 7.20. The fraction of sp³-hybridized carbons (Fsp3) is 0.562. The molecule has 1 atom stereocenters. The Bertz CT molecular complexity index is 484. The summed E-state index contributed by atoms with van der Waals surface area (Å²) in [7, 11) is 3.22. The van der Waals surface area contributed by atoms with Gasteiger partial charge in [0.15, 0.2) is 0 Å². The Kier molecular flexibility index (Phi) is 5.31. The van der Waals surface area contributed by atoms with Crippen LogP contribution in [0.2, 0.25) is 0 Å². The molecule has 0 bridgehead atoms. The maximum atomic E-state index is 12.4. The van der Waals surface area contributed by atoms with E-state index >= 15 is 0 Å². The van der Waals surface area contributed by atoms with Crippen molar-refractivity contribution in [1.29, 1.82) is 0 Å². The summed E-state index contributed by atoms with van der Waals surface area (Å²) in [5, 5.41) is 3.24. The fourth-order valence-electron chi connectivity index (χ4n) is 2.60. The van der Waals surface area contributed by atoms with Gasteiger partial charge in [-0.15, -0.1) is 0 Å². The number of hydrogen-bond acceptors (Lipinski definition) is 4. The standard InChI is InChI=1S/C16H24N2O3/c1-12(16(19)18-9-5-4-6-10-18)17-14-8-7-13(20-2)11-15(14)21-3/h7-8,11-12,17H,4-6,9-10H2,1-3H3. The Balaban J connectivity index is 2.04. The molecule has 1 aliphatic heterocycles. The first-order valence-corrected chi connectivity index (χ1v) is 7.43. The molecule has 1 N–H and O–H groups in total. The predicted molar refractivity (Wildman–Crippen MR) is 83.1 cm³/mol. The zero-order valence-corrected chi connectivity index (χ0v) is 13.0. The average molecular weight is 292 g/mol. The smallest absolute Gasteiger partial charge is 0.244 e. The number of amides is 1. The van der Waals surface area contributed by atoms with E-state index < -0.39 is 0 Å². The van der Waals surface area contributed by atoms with Crippen molar-refractivity contribution in [3.05, 3.63) is 18.2 Å². The van der Waals surface area contributed by atoms with Crippen LogP contribution in [0.25, 0.3) is 0 Å². The fourth-order valence-corrected chi connectivity index (χ4v) is 2.60. The van der Waals surface area contributed by atoms with Crippen molar-refractivity contribution in [3.63, 3.8) is 0 Å². The maximum absolute atomic E-state index is 12.4. The van der Waals surface area contributed by atoms with Crippen molar-refractivity contribution >= 4 is 11.6 Å². The van der Waals surface area contributed by atoms with Crippen LogP contribution in [0.4, 0.5) is 5.69 Å². The van der Waals surface area contributed by atoms with Crippen LogP contribution in [-0.4, -0.2) is 44.2 Å². The summed E-state index contributed by atoms with van der Waals surface area (Å²) in [6.07, 6.45) is 3.42. The van der Waals surface area contributed by atoms with Crippen molar-refractivity contribution in [2.24, 2.45) is 0 Å². The van der Waals surface area contributed by atoms with E-state index in [1.165, 1.54) is 6.42 Å². The van der Waals surface area contributed by atoms with Gasteiger partial charge in [0.25, 0.3) is 0 Å². The largest absolute Gasteiger partial charge is 0.497 e. The maximum Gasteiger partial charge on any atom is 0.244 e. The lowest BCUT2D eigenvalue weighted by Crippen LogP contribution is -2.43. The van der Waals surface area contributed by atoms with Crippen molar-refractivity contribution < 1.29 is 14.3 Å². The molecule has 0 radical (unpaired) electrons. The molecule has 1 aromatic carbocycles. The average Bonchev–Trinajstić information content (AvgIpc) is 2.55. The second-order valence-electron chi connectivity index (χ2n) is 5.32. The minimum absolute atomic E-state index is 0.146. The molecule has 1 fully saturated rings. The van der Waals surface area contributed by atoms with Gasteiger partial charge >= 0.3 is 0 Å². The lowest BCUT2D eigenvalue weighted by Gasteiger charge is -2.30. The van der Waals surface area contributed by atoms with Gasteiger partial charge < -0.3 is 19.7 Å². The van der Waals surface area contributed by atoms with Gasteiger partial charge in [0.1, 0.15) is 17.5 Å². The van der Waals surface area contributed by atoms with E-state index in [4.69, 9.17) is 9.47 Å². The zero-order chi connectivity index (χ0) is 15.2. The Morgan fingerprint density at radius 3 is 2.52 bits per heavy atom. The first-order valence-electron chi connectivity index (χ1n) is 7.43. The molecule has 0 saturated carbocycles. The number of anilines is 1. The molecule has 21 heavy (non-hydrogen) atoms. The highest BCUT2D eigenvalue weighted by molar-refractivity contribution is 5.85. The minimum Gasteiger partial charge on any atom is -0.497 e. The normalized spacial score (nSPS) is 16.2. The van der Waals surface area contributed by atoms with Crippen LogP contribution in [0.15, 0.2) is 18.2 Å². The molecule has 5 nitrogen and oxygen atoms in total. The van der Waals surface area contributed by atoms with Crippen LogP contribution < -0.4 is 14.8 Å². The SMILES string of the molecule is COc1ccc(NC(C)C(=O)N2CCCCC2)c(OC)c1. The monoisotopic (exact) mass is 292 g/mol. The van der Waals surface area contributed by atoms with E-state index in [0.29, 0.717) is 5.75 Å². The van der Waals surface area contributed by atoms with Crippen LogP contribution in [0.3, 0.4) is 0 Å². The Hall–Kier alpha value is -1.91. The summed E-state index contributed by atoms with van der Waals surface area (Å²) >= 11 is 0. The van der Waals surface area contributed by atoms with Crippen LogP contribution in [-0.2, 0) is 4.79 Å². The van der Waals surface area contributed by atoms with Gasteiger partial charge in [-0.3, -0.25) is 4.79 Å². The van der Waals surface area contributed by atoms with E-state index in [2.05, 4.69) is 5.32 Å². The first kappa shape index (κ1) is 15.5. The molecule has 1 aliphatic rings. The van der Waals surface area contributed by atoms with Crippen LogP contribution in [0, 0.1) is 0 Å². The number of carbonyl (C=O) groups excluding carboxylic acids is 1. The molecule has 1 saturated heterocycles. The molecular weight excluding hydrogens is 268 g/mol. The van der Waals surface area contributed by atoms with Gasteiger partial charge in [-0.05, 0) is 38.3 Å². The summed E-state index contributed by atoms with van der Waals surface area (Å²) < 4.78 is 10.5. The first-order chi connectivity index (χ1) is 10.2. The molecule has 0 aromatic heterocycles. The van der Waals surface area contributed by atoms with Gasteiger partial charge in [0, 0.05) is 19.2 Å². The topological polar surface area (TPSA) is 50.8 Å². The zero-order valence-electron chi connectivity index (χ0n) is 13.0. The van der Waals surface area contributed by atoms with E-state index in [1.807, 2.05) is 24.0 Å². The van der Waals surface area contributed by atoms with Gasteiger partial charge in [-0.1, -0.05) is 0 Å². The lowest BCUT2D eigenvalue weighted by atomic mass is 10.1. The van der Waals surface area contributed by atoms with Crippen molar-refractivity contribution in [2.75, 3.05) is 32.6 Å². The van der Waals surface area contributed by atoms with Crippen LogP contribution in [0.1, 0.15) is 26.2 Å². The third-order valence-corrected chi connectivity index (χ3v) is 3.82. The Morgan fingerprint density at radius 2 is 1.90 bits per heavy atom. The van der Waals surface area contributed by atoms with Crippen molar-refractivity contribution in [2.45, 2.75) is 32.2 Å². The van der Waals surface area contributed by atoms with E-state index in [1.54, 1.807) is 20.3 Å². The molecular formula is C16H24N2O3. The molecule has 1 unspecified atom stereocenters. The lowest BCUT2D eigenvalue weighted by molar-refractivity contribution is -0.132. The molecule has 116 valence electrons. The summed E-state index contributed by atoms with van der Waals surface area (Å²) in [5.74, 6) is 1.55. The number of methoxy groups -OCH3 is 2. The second-order valence-corrected chi connectivity index (χ2v) is 5.32. The van der Waals surface area contributed by atoms with E-state index in [-0.39, 0.29) is 11.9 Å². The van der Waals surface area contributed by atoms with E-state index in [0.717, 1.165) is 37.4 Å². The number of likely N-dealkylation sites (tertiary alicyclic amines) is 1. The van der Waals surface area contributed by atoms with Crippen LogP contribution in [0.5, 0.6) is 11.5 Å². The molecule has 0 aliphatic carbocycles. The number of nitrogens with zero attached hydrogens (tertiary/aromatic N) is 1. The third-order valence-electron chi connectivity index (χ3n) is 3.82. The molecule has 0 spiro atoms. The van der Waals surface area contributed by atoms with Crippen molar-refractivity contribution in [3.8, 4) is 11.5 Å². The number of ether oxygens (including phenoxy) is 2. The number of hydrogen-bond donors (Lipinski definition) is 1. The number of carbonyl (C=O) groups is 1. The number of piperidine rings is 1. The quantitative estimate of drug-likeness (QED) is 0.906. The summed E-state index contributed by atoms with van der Waals surface area (Å²) in [4.78, 5) is 14.4. The third kappa shape index (κ3) is 3.80. The number of nitrogens with one attached hydrogen (secondary N) is 1. The van der Waals surface area contributed by atoms with Crippen molar-refractivity contribution in [1.82, 2.24) is 4.90 Å². The Morgan fingerprint density at radius 1 is 1.19 bits per heavy atom. The molecule has 5 heteroatoms. The molecule has 1 heterocycles. The molecule has 2 rings (SSSR count).